The summed E-state index contributed by atoms with van der Waals surface area (Å²) in [4.78, 5) is 35.5. The molecule has 1 aliphatic heterocycles. The van der Waals surface area contributed by atoms with Crippen LogP contribution in [-0.4, -0.2) is 32.7 Å². The molecule has 0 spiro atoms. The second kappa shape index (κ2) is 7.70. The molecular formula is C23H26N4O2. The summed E-state index contributed by atoms with van der Waals surface area (Å²) in [5.74, 6) is 0.680. The minimum absolute atomic E-state index is 0.0907. The molecule has 29 heavy (non-hydrogen) atoms. The second-order valence-electron chi connectivity index (χ2n) is 7.78. The van der Waals surface area contributed by atoms with Crippen molar-refractivity contribution in [1.82, 2.24) is 20.2 Å². The molecule has 0 aliphatic carbocycles. The number of imidazole rings is 1. The molecule has 2 heterocycles. The third-order valence-electron chi connectivity index (χ3n) is 5.91. The number of nitrogens with zero attached hydrogens (tertiary/aromatic N) is 2. The van der Waals surface area contributed by atoms with E-state index >= 15 is 0 Å². The van der Waals surface area contributed by atoms with Gasteiger partial charge in [-0.15, -0.1) is 0 Å². The lowest BCUT2D eigenvalue weighted by Crippen LogP contribution is -2.47. The van der Waals surface area contributed by atoms with Crippen LogP contribution in [0.15, 0.2) is 48.5 Å². The van der Waals surface area contributed by atoms with E-state index in [9.17, 15) is 9.59 Å². The van der Waals surface area contributed by atoms with Crippen molar-refractivity contribution < 1.29 is 9.59 Å². The number of nitrogens with one attached hydrogen (secondary N) is 2. The van der Waals surface area contributed by atoms with Crippen LogP contribution in [-0.2, 0) is 11.3 Å². The molecule has 0 unspecified atom stereocenters. The summed E-state index contributed by atoms with van der Waals surface area (Å²) >= 11 is 0. The number of para-hydroxylation sites is 2. The number of aromatic amines is 1. The van der Waals surface area contributed by atoms with E-state index in [1.807, 2.05) is 48.5 Å². The molecule has 0 bridgehead atoms. The lowest BCUT2D eigenvalue weighted by Gasteiger charge is -2.28. The van der Waals surface area contributed by atoms with Crippen molar-refractivity contribution in [3.63, 3.8) is 0 Å². The molecular weight excluding hydrogens is 364 g/mol. The standard InChI is InChI=1S/C23H26N4O2/c1-4-14(2)20(21-24-18-11-7-8-12-19(18)25-21)26-22(28)15(3)27-13-16-9-5-6-10-17(16)23(27)29/h5-12,14-15,20H,4,13H2,1-3H3,(H,24,25)(H,26,28)/t14-,15-,20-/m0/s1. The summed E-state index contributed by atoms with van der Waals surface area (Å²) in [5.41, 5.74) is 3.47. The topological polar surface area (TPSA) is 78.1 Å². The van der Waals surface area contributed by atoms with Crippen molar-refractivity contribution in [2.24, 2.45) is 5.92 Å². The highest BCUT2D eigenvalue weighted by Gasteiger charge is 2.35. The number of carbonyl (C=O) groups excluding carboxylic acids is 2. The number of hydrogen-bond donors (Lipinski definition) is 2. The zero-order valence-electron chi connectivity index (χ0n) is 17.0. The van der Waals surface area contributed by atoms with Crippen LogP contribution in [0.3, 0.4) is 0 Å². The van der Waals surface area contributed by atoms with E-state index in [1.54, 1.807) is 11.8 Å². The molecule has 0 saturated heterocycles. The minimum atomic E-state index is -0.564. The lowest BCUT2D eigenvalue weighted by atomic mass is 9.98. The highest BCUT2D eigenvalue weighted by molar-refractivity contribution is 6.01. The van der Waals surface area contributed by atoms with Gasteiger partial charge in [-0.3, -0.25) is 9.59 Å². The molecule has 0 fully saturated rings. The molecule has 4 rings (SSSR count). The monoisotopic (exact) mass is 390 g/mol. The van der Waals surface area contributed by atoms with Crippen molar-refractivity contribution in [2.75, 3.05) is 0 Å². The molecule has 6 nitrogen and oxygen atoms in total. The Morgan fingerprint density at radius 3 is 2.62 bits per heavy atom. The van der Waals surface area contributed by atoms with E-state index in [2.05, 4.69) is 29.1 Å². The largest absolute Gasteiger partial charge is 0.344 e. The van der Waals surface area contributed by atoms with E-state index in [-0.39, 0.29) is 23.8 Å². The normalized spacial score (nSPS) is 16.5. The van der Waals surface area contributed by atoms with E-state index in [4.69, 9.17) is 0 Å². The first-order valence-electron chi connectivity index (χ1n) is 10.1. The van der Waals surface area contributed by atoms with Gasteiger partial charge < -0.3 is 15.2 Å². The number of carbonyl (C=O) groups is 2. The number of benzene rings is 2. The van der Waals surface area contributed by atoms with Crippen LogP contribution in [0, 0.1) is 5.92 Å². The molecule has 2 N–H and O–H groups in total. The summed E-state index contributed by atoms with van der Waals surface area (Å²) in [6.45, 7) is 6.43. The summed E-state index contributed by atoms with van der Waals surface area (Å²) in [5, 5.41) is 3.14. The Morgan fingerprint density at radius 1 is 1.17 bits per heavy atom. The molecule has 150 valence electrons. The second-order valence-corrected chi connectivity index (χ2v) is 7.78. The Labute approximate surface area is 170 Å². The highest BCUT2D eigenvalue weighted by atomic mass is 16.2. The molecule has 0 radical (unpaired) electrons. The Bertz CT molecular complexity index is 1020. The first kappa shape index (κ1) is 19.2. The molecule has 3 aromatic rings. The van der Waals surface area contributed by atoms with Crippen molar-refractivity contribution in [3.05, 3.63) is 65.5 Å². The average Bonchev–Trinajstić information content (AvgIpc) is 3.32. The number of hydrogen-bond acceptors (Lipinski definition) is 3. The lowest BCUT2D eigenvalue weighted by molar-refractivity contribution is -0.126. The summed E-state index contributed by atoms with van der Waals surface area (Å²) in [6.07, 6.45) is 0.893. The molecule has 1 aliphatic rings. The van der Waals surface area contributed by atoms with Crippen molar-refractivity contribution in [1.29, 1.82) is 0 Å². The Kier molecular flexibility index (Phi) is 5.09. The van der Waals surface area contributed by atoms with Crippen molar-refractivity contribution in [2.45, 2.75) is 45.8 Å². The van der Waals surface area contributed by atoms with Crippen LogP contribution < -0.4 is 5.32 Å². The molecule has 1 aromatic heterocycles. The van der Waals surface area contributed by atoms with Crippen LogP contribution in [0.5, 0.6) is 0 Å². The van der Waals surface area contributed by atoms with Gasteiger partial charge in [-0.2, -0.15) is 0 Å². The van der Waals surface area contributed by atoms with Gasteiger partial charge in [-0.25, -0.2) is 4.98 Å². The minimum Gasteiger partial charge on any atom is -0.344 e. The number of aromatic nitrogens is 2. The van der Waals surface area contributed by atoms with E-state index < -0.39 is 6.04 Å². The number of fused-ring (bicyclic) bond motifs is 2. The van der Waals surface area contributed by atoms with Gasteiger partial charge in [0, 0.05) is 12.1 Å². The van der Waals surface area contributed by atoms with Gasteiger partial charge in [0.2, 0.25) is 5.91 Å². The zero-order valence-corrected chi connectivity index (χ0v) is 17.0. The SMILES string of the molecule is CC[C@H](C)[C@H](NC(=O)[C@H](C)N1Cc2ccccc2C1=O)c1nc2ccccc2[nH]1. The number of H-pyrrole nitrogens is 1. The Hall–Kier alpha value is -3.15. The molecule has 2 aromatic carbocycles. The predicted molar refractivity (Wildman–Crippen MR) is 112 cm³/mol. The maximum Gasteiger partial charge on any atom is 0.255 e. The zero-order chi connectivity index (χ0) is 20.5. The van der Waals surface area contributed by atoms with Crippen molar-refractivity contribution in [3.8, 4) is 0 Å². The van der Waals surface area contributed by atoms with E-state index in [0.29, 0.717) is 12.1 Å². The quantitative estimate of drug-likeness (QED) is 0.672. The molecule has 6 heteroatoms. The number of rotatable bonds is 6. The van der Waals surface area contributed by atoms with Crippen LogP contribution in [0.4, 0.5) is 0 Å². The highest BCUT2D eigenvalue weighted by Crippen LogP contribution is 2.27. The summed E-state index contributed by atoms with van der Waals surface area (Å²) < 4.78 is 0. The average molecular weight is 390 g/mol. The molecule has 0 saturated carbocycles. The van der Waals surface area contributed by atoms with E-state index in [1.165, 1.54) is 0 Å². The maximum atomic E-state index is 13.1. The first-order chi connectivity index (χ1) is 14.0. The summed E-state index contributed by atoms with van der Waals surface area (Å²) in [7, 11) is 0. The predicted octanol–water partition coefficient (Wildman–Crippen LogP) is 3.81. The van der Waals surface area contributed by atoms with Gasteiger partial charge in [0.25, 0.3) is 5.91 Å². The smallest absolute Gasteiger partial charge is 0.255 e. The molecule has 2 amide bonds. The maximum absolute atomic E-state index is 13.1. The van der Waals surface area contributed by atoms with Crippen LogP contribution in [0.2, 0.25) is 0 Å². The van der Waals surface area contributed by atoms with Crippen molar-refractivity contribution >= 4 is 22.8 Å². The molecule has 3 atom stereocenters. The first-order valence-corrected chi connectivity index (χ1v) is 10.1. The Balaban J connectivity index is 1.55. The summed E-state index contributed by atoms with van der Waals surface area (Å²) in [6, 6.07) is 14.5. The van der Waals surface area contributed by atoms with Gasteiger partial charge in [-0.05, 0) is 36.6 Å². The van der Waals surface area contributed by atoms with Gasteiger partial charge in [0.15, 0.2) is 0 Å². The fraction of sp³-hybridized carbons (Fsp3) is 0.348. The third-order valence-corrected chi connectivity index (χ3v) is 5.91. The van der Waals surface area contributed by atoms with Gasteiger partial charge in [0.05, 0.1) is 17.1 Å². The number of amides is 2. The fourth-order valence-electron chi connectivity index (χ4n) is 3.84. The van der Waals surface area contributed by atoms with E-state index in [0.717, 1.165) is 28.8 Å². The van der Waals surface area contributed by atoms with Gasteiger partial charge in [-0.1, -0.05) is 50.6 Å². The Morgan fingerprint density at radius 2 is 1.90 bits per heavy atom. The van der Waals surface area contributed by atoms with Gasteiger partial charge >= 0.3 is 0 Å². The van der Waals surface area contributed by atoms with Gasteiger partial charge in [0.1, 0.15) is 11.9 Å². The fourth-order valence-corrected chi connectivity index (χ4v) is 3.84. The van der Waals surface area contributed by atoms with Crippen LogP contribution >= 0.6 is 0 Å². The van der Waals surface area contributed by atoms with Crippen LogP contribution in [0.25, 0.3) is 11.0 Å². The van der Waals surface area contributed by atoms with Crippen LogP contribution in [0.1, 0.15) is 55.0 Å². The third kappa shape index (κ3) is 3.50.